The molecule has 1 saturated carbocycles. The van der Waals surface area contributed by atoms with E-state index in [2.05, 4.69) is 60.7 Å². The molecule has 0 N–H and O–H groups in total. The van der Waals surface area contributed by atoms with Crippen LogP contribution in [0.3, 0.4) is 0 Å². The van der Waals surface area contributed by atoms with Crippen molar-refractivity contribution in [3.8, 4) is 0 Å². The van der Waals surface area contributed by atoms with Crippen molar-refractivity contribution in [2.45, 2.75) is 51.4 Å². The van der Waals surface area contributed by atoms with Crippen LogP contribution in [0.1, 0.15) is 49.7 Å². The molecular weight excluding hydrogens is 292 g/mol. The van der Waals surface area contributed by atoms with Crippen molar-refractivity contribution >= 4 is 5.78 Å². The third-order valence-corrected chi connectivity index (χ3v) is 5.30. The van der Waals surface area contributed by atoms with Gasteiger partial charge in [0.15, 0.2) is 0 Å². The van der Waals surface area contributed by atoms with Gasteiger partial charge in [-0.1, -0.05) is 60.7 Å². The number of hydrogen-bond donors (Lipinski definition) is 0. The average Bonchev–Trinajstić information content (AvgIpc) is 2.68. The zero-order valence-corrected chi connectivity index (χ0v) is 14.5. The third-order valence-electron chi connectivity index (χ3n) is 5.30. The monoisotopic (exact) mass is 320 g/mol. The van der Waals surface area contributed by atoms with E-state index in [4.69, 9.17) is 0 Å². The van der Waals surface area contributed by atoms with E-state index in [9.17, 15) is 4.79 Å². The van der Waals surface area contributed by atoms with E-state index in [1.54, 1.807) is 0 Å². The van der Waals surface area contributed by atoms with Gasteiger partial charge in [0, 0.05) is 12.8 Å². The first-order valence-corrected chi connectivity index (χ1v) is 9.39. The lowest BCUT2D eigenvalue weighted by molar-refractivity contribution is -0.120. The van der Waals surface area contributed by atoms with Crippen LogP contribution in [0.4, 0.5) is 0 Å². The highest BCUT2D eigenvalue weighted by Crippen LogP contribution is 2.28. The number of carbonyl (C=O) groups excluding carboxylic acids is 1. The first kappa shape index (κ1) is 17.0. The molecule has 0 amide bonds. The third kappa shape index (κ3) is 5.33. The van der Waals surface area contributed by atoms with Gasteiger partial charge in [0.2, 0.25) is 0 Å². The number of Topliss-reactive ketones (excluding diaryl/α,β-unsaturated/α-hetero) is 1. The maximum absolute atomic E-state index is 12.3. The molecule has 0 bridgehead atoms. The van der Waals surface area contributed by atoms with Crippen molar-refractivity contribution in [2.24, 2.45) is 11.8 Å². The largest absolute Gasteiger partial charge is 0.300 e. The Balaban J connectivity index is 1.63. The zero-order chi connectivity index (χ0) is 16.6. The number of rotatable bonds is 4. The zero-order valence-electron chi connectivity index (χ0n) is 14.5. The highest BCUT2D eigenvalue weighted by atomic mass is 16.1. The molecule has 0 saturated heterocycles. The summed E-state index contributed by atoms with van der Waals surface area (Å²) in [6.07, 6.45) is 8.44. The molecule has 1 aliphatic rings. The number of carbonyl (C=O) groups is 1. The Morgan fingerprint density at radius 1 is 0.708 bits per heavy atom. The van der Waals surface area contributed by atoms with E-state index in [1.807, 2.05) is 0 Å². The second kappa shape index (κ2) is 8.82. The van der Waals surface area contributed by atoms with E-state index < -0.39 is 0 Å². The molecule has 0 aliphatic heterocycles. The lowest BCUT2D eigenvalue weighted by Crippen LogP contribution is -2.12. The van der Waals surface area contributed by atoms with Crippen LogP contribution in [0, 0.1) is 11.8 Å². The van der Waals surface area contributed by atoms with Crippen molar-refractivity contribution in [3.63, 3.8) is 0 Å². The molecule has 1 heteroatoms. The van der Waals surface area contributed by atoms with Crippen LogP contribution in [0.25, 0.3) is 0 Å². The van der Waals surface area contributed by atoms with Gasteiger partial charge in [-0.05, 0) is 61.5 Å². The quantitative estimate of drug-likeness (QED) is 0.713. The molecule has 0 spiro atoms. The second-order valence-corrected chi connectivity index (χ2v) is 7.32. The van der Waals surface area contributed by atoms with Gasteiger partial charge >= 0.3 is 0 Å². The van der Waals surface area contributed by atoms with Crippen LogP contribution < -0.4 is 0 Å². The van der Waals surface area contributed by atoms with E-state index in [1.165, 1.54) is 30.4 Å². The predicted octanol–water partition coefficient (Wildman–Crippen LogP) is 5.63. The summed E-state index contributed by atoms with van der Waals surface area (Å²) < 4.78 is 0. The summed E-state index contributed by atoms with van der Waals surface area (Å²) in [5.74, 6) is 1.70. The summed E-state index contributed by atoms with van der Waals surface area (Å²) in [5.41, 5.74) is 2.81. The molecular formula is C23H28O. The summed E-state index contributed by atoms with van der Waals surface area (Å²) >= 11 is 0. The Morgan fingerprint density at radius 3 is 1.88 bits per heavy atom. The maximum Gasteiger partial charge on any atom is 0.133 e. The smallest absolute Gasteiger partial charge is 0.133 e. The fraction of sp³-hybridized carbons (Fsp3) is 0.435. The van der Waals surface area contributed by atoms with Crippen LogP contribution in [0.2, 0.25) is 0 Å². The molecule has 126 valence electrons. The molecule has 0 radical (unpaired) electrons. The van der Waals surface area contributed by atoms with Crippen molar-refractivity contribution in [1.82, 2.24) is 0 Å². The van der Waals surface area contributed by atoms with Gasteiger partial charge in [-0.2, -0.15) is 0 Å². The Morgan fingerprint density at radius 2 is 1.25 bits per heavy atom. The van der Waals surface area contributed by atoms with Gasteiger partial charge in [-0.25, -0.2) is 0 Å². The van der Waals surface area contributed by atoms with Crippen molar-refractivity contribution in [2.75, 3.05) is 0 Å². The first-order chi connectivity index (χ1) is 11.8. The molecule has 0 heterocycles. The minimum Gasteiger partial charge on any atom is -0.300 e. The van der Waals surface area contributed by atoms with Crippen LogP contribution in [0.15, 0.2) is 60.7 Å². The molecule has 3 rings (SSSR count). The molecule has 2 unspecified atom stereocenters. The molecule has 2 aromatic rings. The number of benzene rings is 2. The maximum atomic E-state index is 12.3. The van der Waals surface area contributed by atoms with Gasteiger partial charge in [-0.15, -0.1) is 0 Å². The van der Waals surface area contributed by atoms with E-state index >= 15 is 0 Å². The Labute approximate surface area is 146 Å². The van der Waals surface area contributed by atoms with Crippen LogP contribution >= 0.6 is 0 Å². The Hall–Kier alpha value is -1.89. The molecule has 1 aliphatic carbocycles. The summed E-state index contributed by atoms with van der Waals surface area (Å²) in [7, 11) is 0. The van der Waals surface area contributed by atoms with Gasteiger partial charge in [0.1, 0.15) is 5.78 Å². The fourth-order valence-electron chi connectivity index (χ4n) is 4.00. The molecule has 2 atom stereocenters. The molecule has 1 nitrogen and oxygen atoms in total. The van der Waals surface area contributed by atoms with Gasteiger partial charge in [0.25, 0.3) is 0 Å². The lowest BCUT2D eigenvalue weighted by Gasteiger charge is -2.19. The molecule has 24 heavy (non-hydrogen) atoms. The topological polar surface area (TPSA) is 17.1 Å². The highest BCUT2D eigenvalue weighted by molar-refractivity contribution is 5.78. The van der Waals surface area contributed by atoms with Gasteiger partial charge in [-0.3, -0.25) is 4.79 Å². The first-order valence-electron chi connectivity index (χ1n) is 9.39. The Kier molecular flexibility index (Phi) is 6.23. The SMILES string of the molecule is O=C1CCCC(Cc2ccccc2)CCC(Cc2ccccc2)C1. The van der Waals surface area contributed by atoms with Crippen molar-refractivity contribution in [1.29, 1.82) is 0 Å². The number of hydrogen-bond acceptors (Lipinski definition) is 1. The van der Waals surface area contributed by atoms with E-state index in [-0.39, 0.29) is 0 Å². The summed E-state index contributed by atoms with van der Waals surface area (Å²) in [6.45, 7) is 0. The van der Waals surface area contributed by atoms with Crippen molar-refractivity contribution < 1.29 is 4.79 Å². The second-order valence-electron chi connectivity index (χ2n) is 7.32. The van der Waals surface area contributed by atoms with Crippen LogP contribution in [0.5, 0.6) is 0 Å². The minimum atomic E-state index is 0.469. The lowest BCUT2D eigenvalue weighted by atomic mass is 9.86. The summed E-state index contributed by atoms with van der Waals surface area (Å²) in [6, 6.07) is 21.5. The van der Waals surface area contributed by atoms with Gasteiger partial charge in [0.05, 0.1) is 0 Å². The number of ketones is 1. The minimum absolute atomic E-state index is 0.469. The molecule has 2 aromatic carbocycles. The van der Waals surface area contributed by atoms with Crippen molar-refractivity contribution in [3.05, 3.63) is 71.8 Å². The molecule has 1 fully saturated rings. The standard InChI is InChI=1S/C23H28O/c24-23-13-7-12-21(16-19-8-3-1-4-9-19)14-15-22(18-23)17-20-10-5-2-6-11-20/h1-6,8-11,21-22H,7,12-18H2. The molecule has 0 aromatic heterocycles. The van der Waals surface area contributed by atoms with Crippen LogP contribution in [-0.4, -0.2) is 5.78 Å². The highest BCUT2D eigenvalue weighted by Gasteiger charge is 2.20. The van der Waals surface area contributed by atoms with E-state index in [0.29, 0.717) is 11.7 Å². The predicted molar refractivity (Wildman–Crippen MR) is 100.0 cm³/mol. The van der Waals surface area contributed by atoms with Gasteiger partial charge < -0.3 is 0 Å². The average molecular weight is 320 g/mol. The normalized spacial score (nSPS) is 22.4. The summed E-state index contributed by atoms with van der Waals surface area (Å²) in [5, 5.41) is 0. The summed E-state index contributed by atoms with van der Waals surface area (Å²) in [4.78, 5) is 12.3. The van der Waals surface area contributed by atoms with Crippen LogP contribution in [-0.2, 0) is 17.6 Å². The Bertz CT molecular complexity index is 617. The fourth-order valence-corrected chi connectivity index (χ4v) is 4.00. The van der Waals surface area contributed by atoms with E-state index in [0.717, 1.165) is 38.0 Å².